The second kappa shape index (κ2) is 7.64. The molecule has 2 atom stereocenters. The quantitative estimate of drug-likeness (QED) is 0.899. The Morgan fingerprint density at radius 3 is 2.92 bits per heavy atom. The van der Waals surface area contributed by atoms with Gasteiger partial charge >= 0.3 is 0 Å². The molecule has 1 aromatic carbocycles. The third-order valence-corrected chi connectivity index (χ3v) is 4.91. The van der Waals surface area contributed by atoms with Crippen LogP contribution in [0.2, 0.25) is 5.02 Å². The highest BCUT2D eigenvalue weighted by molar-refractivity contribution is 6.30. The van der Waals surface area contributed by atoms with Gasteiger partial charge in [-0.25, -0.2) is 9.67 Å². The van der Waals surface area contributed by atoms with Gasteiger partial charge in [0.15, 0.2) is 5.82 Å². The number of hydrogen-bond donors (Lipinski definition) is 1. The molecule has 1 aliphatic carbocycles. The maximum atomic E-state index is 6.19. The van der Waals surface area contributed by atoms with Crippen LogP contribution < -0.4 is 5.73 Å². The molecule has 0 aliphatic heterocycles. The Hall–Kier alpha value is -1.43. The first-order valence-electron chi connectivity index (χ1n) is 8.55. The number of hydrogen-bond acceptors (Lipinski definition) is 4. The Balaban J connectivity index is 2.00. The van der Waals surface area contributed by atoms with Crippen LogP contribution in [0, 0.1) is 6.92 Å². The number of benzene rings is 1. The first-order valence-corrected chi connectivity index (χ1v) is 8.93. The average Bonchev–Trinajstić information content (AvgIpc) is 2.97. The summed E-state index contributed by atoms with van der Waals surface area (Å²) in [6.07, 6.45) is 5.03. The molecule has 0 amide bonds. The molecule has 5 nitrogen and oxygen atoms in total. The molecule has 1 saturated carbocycles. The number of halogens is 1. The van der Waals surface area contributed by atoms with Gasteiger partial charge in [-0.3, -0.25) is 0 Å². The second-order valence-corrected chi connectivity index (χ2v) is 7.03. The second-order valence-electron chi connectivity index (χ2n) is 6.60. The van der Waals surface area contributed by atoms with E-state index in [4.69, 9.17) is 32.2 Å². The van der Waals surface area contributed by atoms with Gasteiger partial charge < -0.3 is 10.5 Å². The topological polar surface area (TPSA) is 66.0 Å². The number of aromatic nitrogens is 3. The molecule has 6 heteroatoms. The van der Waals surface area contributed by atoms with Crippen LogP contribution in [0.25, 0.3) is 5.69 Å². The van der Waals surface area contributed by atoms with Gasteiger partial charge in [-0.2, -0.15) is 5.10 Å². The molecule has 0 bridgehead atoms. The number of nitrogens with two attached hydrogens (primary N) is 1. The number of rotatable bonds is 5. The van der Waals surface area contributed by atoms with Crippen molar-refractivity contribution in [1.82, 2.24) is 14.8 Å². The number of methoxy groups -OCH3 is 1. The van der Waals surface area contributed by atoms with E-state index in [-0.39, 0.29) is 6.04 Å². The molecule has 1 aliphatic rings. The van der Waals surface area contributed by atoms with Crippen molar-refractivity contribution in [1.29, 1.82) is 0 Å². The van der Waals surface area contributed by atoms with Crippen molar-refractivity contribution in [3.63, 3.8) is 0 Å². The molecule has 1 heterocycles. The van der Waals surface area contributed by atoms with Crippen molar-refractivity contribution < 1.29 is 4.74 Å². The minimum atomic E-state index is 0.252. The first kappa shape index (κ1) is 17.4. The van der Waals surface area contributed by atoms with Gasteiger partial charge in [0.2, 0.25) is 0 Å². The summed E-state index contributed by atoms with van der Waals surface area (Å²) in [7, 11) is 1.70. The van der Waals surface area contributed by atoms with E-state index in [9.17, 15) is 0 Å². The number of aryl methyl sites for hydroxylation is 1. The van der Waals surface area contributed by atoms with Crippen molar-refractivity contribution >= 4 is 11.6 Å². The Kier molecular flexibility index (Phi) is 5.54. The summed E-state index contributed by atoms with van der Waals surface area (Å²) in [4.78, 5) is 4.83. The van der Waals surface area contributed by atoms with Gasteiger partial charge in [-0.15, -0.1) is 0 Å². The molecule has 0 saturated heterocycles. The summed E-state index contributed by atoms with van der Waals surface area (Å²) in [5.74, 6) is 2.19. The van der Waals surface area contributed by atoms with Gasteiger partial charge in [0, 0.05) is 30.5 Å². The highest BCUT2D eigenvalue weighted by Crippen LogP contribution is 2.33. The van der Waals surface area contributed by atoms with Crippen LogP contribution in [0.4, 0.5) is 0 Å². The Bertz CT molecular complexity index is 700. The van der Waals surface area contributed by atoms with Crippen LogP contribution in [0.5, 0.6) is 0 Å². The predicted molar refractivity (Wildman–Crippen MR) is 95.9 cm³/mol. The zero-order valence-electron chi connectivity index (χ0n) is 14.3. The van der Waals surface area contributed by atoms with Crippen molar-refractivity contribution in [3.05, 3.63) is 40.4 Å². The molecule has 1 aromatic heterocycles. The zero-order chi connectivity index (χ0) is 17.1. The van der Waals surface area contributed by atoms with E-state index < -0.39 is 0 Å². The van der Waals surface area contributed by atoms with Crippen LogP contribution in [0.3, 0.4) is 0 Å². The van der Waals surface area contributed by atoms with Crippen LogP contribution in [0.1, 0.15) is 48.8 Å². The Morgan fingerprint density at radius 1 is 1.38 bits per heavy atom. The minimum absolute atomic E-state index is 0.252. The van der Waals surface area contributed by atoms with Gasteiger partial charge in [-0.1, -0.05) is 18.0 Å². The van der Waals surface area contributed by atoms with Crippen molar-refractivity contribution in [2.45, 2.75) is 51.0 Å². The Morgan fingerprint density at radius 2 is 2.21 bits per heavy atom. The highest BCUT2D eigenvalue weighted by atomic mass is 35.5. The Labute approximate surface area is 148 Å². The lowest BCUT2D eigenvalue weighted by Gasteiger charge is -2.26. The lowest BCUT2D eigenvalue weighted by Crippen LogP contribution is -2.28. The molecule has 2 N–H and O–H groups in total. The summed E-state index contributed by atoms with van der Waals surface area (Å²) >= 11 is 6.11. The molecule has 1 fully saturated rings. The van der Waals surface area contributed by atoms with E-state index in [0.717, 1.165) is 53.6 Å². The van der Waals surface area contributed by atoms with Gasteiger partial charge in [0.25, 0.3) is 0 Å². The molecule has 2 aromatic rings. The lowest BCUT2D eigenvalue weighted by atomic mass is 9.85. The normalized spacial score (nSPS) is 21.2. The maximum absolute atomic E-state index is 6.19. The fourth-order valence-electron chi connectivity index (χ4n) is 3.43. The highest BCUT2D eigenvalue weighted by Gasteiger charge is 2.27. The third kappa shape index (κ3) is 3.79. The van der Waals surface area contributed by atoms with Gasteiger partial charge in [0.1, 0.15) is 5.82 Å². The zero-order valence-corrected chi connectivity index (χ0v) is 15.1. The summed E-state index contributed by atoms with van der Waals surface area (Å²) in [6.45, 7) is 2.67. The van der Waals surface area contributed by atoms with Crippen LogP contribution in [-0.2, 0) is 11.2 Å². The number of nitrogens with zero attached hydrogens (tertiary/aromatic N) is 3. The van der Waals surface area contributed by atoms with Crippen molar-refractivity contribution in [3.8, 4) is 5.69 Å². The van der Waals surface area contributed by atoms with E-state index >= 15 is 0 Å². The minimum Gasteiger partial charge on any atom is -0.384 e. The summed E-state index contributed by atoms with van der Waals surface area (Å²) in [5, 5.41) is 5.48. The standard InChI is InChI=1S/C18H25ClN4O/c1-12-10-14(19)6-7-16(12)23-18(13-4-3-5-15(20)11-13)21-17(22-23)8-9-24-2/h6-7,10,13,15H,3-5,8-9,11,20H2,1-2H3/t13-,15+/m0/s1. The molecule has 24 heavy (non-hydrogen) atoms. The lowest BCUT2D eigenvalue weighted by molar-refractivity contribution is 0.200. The van der Waals surface area contributed by atoms with E-state index in [0.29, 0.717) is 18.9 Å². The first-order chi connectivity index (χ1) is 11.6. The van der Waals surface area contributed by atoms with Crippen molar-refractivity contribution in [2.75, 3.05) is 13.7 Å². The van der Waals surface area contributed by atoms with E-state index in [1.165, 1.54) is 0 Å². The SMILES string of the molecule is COCCc1nc([C@H]2CCC[C@@H](N)C2)n(-c2ccc(Cl)cc2C)n1. The largest absolute Gasteiger partial charge is 0.384 e. The number of ether oxygens (including phenoxy) is 1. The summed E-state index contributed by atoms with van der Waals surface area (Å²) in [6, 6.07) is 6.13. The van der Waals surface area contributed by atoms with Gasteiger partial charge in [-0.05, 0) is 49.9 Å². The molecule has 0 spiro atoms. The van der Waals surface area contributed by atoms with E-state index in [1.807, 2.05) is 29.8 Å². The van der Waals surface area contributed by atoms with Crippen molar-refractivity contribution in [2.24, 2.45) is 5.73 Å². The molecular formula is C18H25ClN4O. The molecule has 130 valence electrons. The molecule has 0 radical (unpaired) electrons. The molecule has 0 unspecified atom stereocenters. The van der Waals surface area contributed by atoms with Crippen LogP contribution in [-0.4, -0.2) is 34.5 Å². The third-order valence-electron chi connectivity index (χ3n) is 4.67. The van der Waals surface area contributed by atoms with E-state index in [2.05, 4.69) is 0 Å². The van der Waals surface area contributed by atoms with Crippen LogP contribution in [0.15, 0.2) is 18.2 Å². The smallest absolute Gasteiger partial charge is 0.153 e. The molecule has 3 rings (SSSR count). The fourth-order valence-corrected chi connectivity index (χ4v) is 3.65. The fraction of sp³-hybridized carbons (Fsp3) is 0.556. The van der Waals surface area contributed by atoms with Gasteiger partial charge in [0.05, 0.1) is 12.3 Å². The average molecular weight is 349 g/mol. The van der Waals surface area contributed by atoms with E-state index in [1.54, 1.807) is 7.11 Å². The monoisotopic (exact) mass is 348 g/mol. The summed E-state index contributed by atoms with van der Waals surface area (Å²) in [5.41, 5.74) is 8.32. The van der Waals surface area contributed by atoms with Crippen LogP contribution >= 0.6 is 11.6 Å². The maximum Gasteiger partial charge on any atom is 0.153 e. The predicted octanol–water partition coefficient (Wildman–Crippen LogP) is 3.40. The molecular weight excluding hydrogens is 324 g/mol. The summed E-state index contributed by atoms with van der Waals surface area (Å²) < 4.78 is 7.16.